The predicted octanol–water partition coefficient (Wildman–Crippen LogP) is 4.10. The van der Waals surface area contributed by atoms with Gasteiger partial charge >= 0.3 is 12.1 Å². The van der Waals surface area contributed by atoms with Crippen LogP contribution in [0.25, 0.3) is 16.7 Å². The van der Waals surface area contributed by atoms with Gasteiger partial charge in [-0.1, -0.05) is 0 Å². The molecule has 39 heavy (non-hydrogen) atoms. The predicted molar refractivity (Wildman–Crippen MR) is 136 cm³/mol. The van der Waals surface area contributed by atoms with E-state index in [1.54, 1.807) is 25.7 Å². The van der Waals surface area contributed by atoms with Gasteiger partial charge in [0.05, 0.1) is 11.1 Å². The van der Waals surface area contributed by atoms with Crippen molar-refractivity contribution >= 4 is 28.9 Å². The van der Waals surface area contributed by atoms with Crippen molar-refractivity contribution in [3.05, 3.63) is 63.7 Å². The summed E-state index contributed by atoms with van der Waals surface area (Å²) in [6, 6.07) is 3.61. The van der Waals surface area contributed by atoms with E-state index >= 15 is 4.39 Å². The van der Waals surface area contributed by atoms with Crippen molar-refractivity contribution in [3.63, 3.8) is 0 Å². The number of carboxylic acids is 1. The number of amides is 1. The van der Waals surface area contributed by atoms with Crippen LogP contribution >= 0.6 is 0 Å². The molecule has 2 unspecified atom stereocenters. The van der Waals surface area contributed by atoms with E-state index in [9.17, 15) is 28.3 Å². The summed E-state index contributed by atoms with van der Waals surface area (Å²) in [6.45, 7) is 6.81. The minimum atomic E-state index is -1.57. The number of ether oxygens (including phenoxy) is 1. The lowest BCUT2D eigenvalue weighted by Gasteiger charge is -2.23. The van der Waals surface area contributed by atoms with E-state index in [-0.39, 0.29) is 34.4 Å². The first-order valence-corrected chi connectivity index (χ1v) is 12.5. The van der Waals surface area contributed by atoms with Gasteiger partial charge in [-0.05, 0) is 63.1 Å². The Morgan fingerprint density at radius 2 is 1.82 bits per heavy atom. The molecule has 0 bridgehead atoms. The molecule has 3 heterocycles. The number of nitrogens with one attached hydrogen (secondary N) is 1. The fourth-order valence-corrected chi connectivity index (χ4v) is 5.35. The first kappa shape index (κ1) is 26.5. The number of carboxylic acid groups (broad SMARTS) is 1. The van der Waals surface area contributed by atoms with Gasteiger partial charge in [0.15, 0.2) is 17.3 Å². The lowest BCUT2D eigenvalue weighted by atomic mass is 10.1. The number of aromatic nitrogens is 2. The molecule has 2 atom stereocenters. The number of carbonyl (C=O) groups excluding carboxylic acids is 1. The Morgan fingerprint density at radius 1 is 1.13 bits per heavy atom. The normalized spacial score (nSPS) is 20.2. The van der Waals surface area contributed by atoms with E-state index in [0.29, 0.717) is 31.6 Å². The van der Waals surface area contributed by atoms with Crippen molar-refractivity contribution in [2.24, 2.45) is 17.8 Å². The average molecular weight is 545 g/mol. The molecule has 2 aliphatic rings. The molecule has 206 valence electrons. The van der Waals surface area contributed by atoms with E-state index in [2.05, 4.69) is 10.3 Å². The maximum Gasteiger partial charge on any atom is 0.407 e. The number of halogens is 3. The standard InChI is InChI=1S/C27H27F3N4O5/c1-27(2,3)39-26(38)31-7-6-14-16-10-33(11-17(14)16)24-20(30)9-15-22(35)18(25(36)37)12-34(23(15)32-24)21-5-4-13(28)8-19(21)29/h4-5,8-9,12,14,16-17H,6-7,10-11H2,1-3H3,(H,31,38)(H,36,37). The highest BCUT2D eigenvalue weighted by atomic mass is 19.1. The summed E-state index contributed by atoms with van der Waals surface area (Å²) in [6.07, 6.45) is 1.18. The zero-order valence-corrected chi connectivity index (χ0v) is 21.5. The van der Waals surface area contributed by atoms with E-state index in [4.69, 9.17) is 4.74 Å². The van der Waals surface area contributed by atoms with Gasteiger partial charge in [-0.15, -0.1) is 0 Å². The maximum atomic E-state index is 15.2. The molecule has 0 radical (unpaired) electrons. The molecular formula is C27H27F3N4O5. The van der Waals surface area contributed by atoms with Gasteiger partial charge in [-0.2, -0.15) is 0 Å². The van der Waals surface area contributed by atoms with Crippen LogP contribution < -0.4 is 15.6 Å². The second-order valence-electron chi connectivity index (χ2n) is 10.9. The topological polar surface area (TPSA) is 114 Å². The van der Waals surface area contributed by atoms with E-state index in [1.165, 1.54) is 0 Å². The van der Waals surface area contributed by atoms with E-state index in [1.807, 2.05) is 0 Å². The lowest BCUT2D eigenvalue weighted by Crippen LogP contribution is -2.33. The van der Waals surface area contributed by atoms with Crippen molar-refractivity contribution in [1.29, 1.82) is 0 Å². The summed E-state index contributed by atoms with van der Waals surface area (Å²) >= 11 is 0. The minimum Gasteiger partial charge on any atom is -0.477 e. The maximum absolute atomic E-state index is 15.2. The highest BCUT2D eigenvalue weighted by Gasteiger charge is 2.55. The SMILES string of the molecule is CC(C)(C)OC(=O)NCCC1C2CN(c3nc4c(cc3F)c(=O)c(C(=O)O)cn4-c3ccc(F)cc3F)CC12. The van der Waals surface area contributed by atoms with Crippen LogP contribution in [0.15, 0.2) is 35.3 Å². The molecule has 0 spiro atoms. The Balaban J connectivity index is 1.39. The Labute approximate surface area is 221 Å². The summed E-state index contributed by atoms with van der Waals surface area (Å²) in [5.74, 6) is -3.38. The third-order valence-electron chi connectivity index (χ3n) is 7.13. The van der Waals surface area contributed by atoms with Crippen LogP contribution in [-0.4, -0.2) is 52.0 Å². The zero-order chi connectivity index (χ0) is 28.2. The van der Waals surface area contributed by atoms with Gasteiger partial charge in [0.25, 0.3) is 0 Å². The summed E-state index contributed by atoms with van der Waals surface area (Å²) in [4.78, 5) is 42.4. The van der Waals surface area contributed by atoms with Gasteiger partial charge in [0.1, 0.15) is 22.8 Å². The summed E-state index contributed by atoms with van der Waals surface area (Å²) in [7, 11) is 0. The van der Waals surface area contributed by atoms with Gasteiger partial charge in [-0.3, -0.25) is 9.36 Å². The molecule has 3 aromatic rings. The van der Waals surface area contributed by atoms with E-state index in [0.717, 1.165) is 35.4 Å². The van der Waals surface area contributed by atoms with Crippen LogP contribution in [0.5, 0.6) is 0 Å². The Kier molecular flexibility index (Phi) is 6.51. The van der Waals surface area contributed by atoms with Crippen molar-refractivity contribution in [1.82, 2.24) is 14.9 Å². The number of rotatable bonds is 6. The van der Waals surface area contributed by atoms with Crippen LogP contribution in [0.2, 0.25) is 0 Å². The number of piperidine rings is 1. The molecule has 1 amide bonds. The fourth-order valence-electron chi connectivity index (χ4n) is 5.35. The van der Waals surface area contributed by atoms with Crippen LogP contribution in [0.4, 0.5) is 23.8 Å². The first-order valence-electron chi connectivity index (χ1n) is 12.5. The lowest BCUT2D eigenvalue weighted by molar-refractivity contribution is 0.0525. The molecule has 12 heteroatoms. The molecular weight excluding hydrogens is 517 g/mol. The summed E-state index contributed by atoms with van der Waals surface area (Å²) in [5, 5.41) is 11.9. The number of fused-ring (bicyclic) bond motifs is 2. The number of aromatic carboxylic acids is 1. The van der Waals surface area contributed by atoms with Crippen LogP contribution in [-0.2, 0) is 4.74 Å². The van der Waals surface area contributed by atoms with Gasteiger partial charge in [0.2, 0.25) is 5.43 Å². The fraction of sp³-hybridized carbons (Fsp3) is 0.407. The third-order valence-corrected chi connectivity index (χ3v) is 7.13. The van der Waals surface area contributed by atoms with Crippen molar-refractivity contribution in [2.75, 3.05) is 24.5 Å². The quantitative estimate of drug-likeness (QED) is 0.480. The molecule has 1 saturated heterocycles. The molecule has 1 aliphatic carbocycles. The number of benzene rings is 1. The van der Waals surface area contributed by atoms with Crippen LogP contribution in [0.3, 0.4) is 0 Å². The summed E-state index contributed by atoms with van der Waals surface area (Å²) in [5.41, 5.74) is -2.64. The van der Waals surface area contributed by atoms with Crippen LogP contribution in [0.1, 0.15) is 37.6 Å². The summed E-state index contributed by atoms with van der Waals surface area (Å²) < 4.78 is 49.7. The minimum absolute atomic E-state index is 0.0425. The van der Waals surface area contributed by atoms with Crippen molar-refractivity contribution in [3.8, 4) is 5.69 Å². The monoisotopic (exact) mass is 544 g/mol. The number of hydrogen-bond acceptors (Lipinski definition) is 6. The second-order valence-corrected chi connectivity index (χ2v) is 10.9. The van der Waals surface area contributed by atoms with Gasteiger partial charge in [-0.25, -0.2) is 27.7 Å². The first-order chi connectivity index (χ1) is 18.3. The average Bonchev–Trinajstić information content (AvgIpc) is 3.26. The number of hydrogen-bond donors (Lipinski definition) is 2. The molecule has 2 N–H and O–H groups in total. The number of carbonyl (C=O) groups is 2. The van der Waals surface area contributed by atoms with Gasteiger partial charge in [0, 0.05) is 31.9 Å². The molecule has 1 aliphatic heterocycles. The van der Waals surface area contributed by atoms with Gasteiger partial charge < -0.3 is 20.1 Å². The highest BCUT2D eigenvalue weighted by molar-refractivity contribution is 5.92. The zero-order valence-electron chi connectivity index (χ0n) is 21.5. The Morgan fingerprint density at radius 3 is 2.44 bits per heavy atom. The molecule has 9 nitrogen and oxygen atoms in total. The smallest absolute Gasteiger partial charge is 0.407 e. The largest absolute Gasteiger partial charge is 0.477 e. The molecule has 2 fully saturated rings. The second kappa shape index (κ2) is 9.58. The highest BCUT2D eigenvalue weighted by Crippen LogP contribution is 2.54. The number of nitrogens with zero attached hydrogens (tertiary/aromatic N) is 3. The Hall–Kier alpha value is -4.09. The van der Waals surface area contributed by atoms with Crippen LogP contribution in [0, 0.1) is 35.2 Å². The van der Waals surface area contributed by atoms with Crippen molar-refractivity contribution < 1.29 is 32.6 Å². The number of pyridine rings is 2. The third kappa shape index (κ3) is 5.15. The number of alkyl carbamates (subject to hydrolysis) is 1. The molecule has 1 saturated carbocycles. The molecule has 1 aromatic carbocycles. The molecule has 5 rings (SSSR count). The van der Waals surface area contributed by atoms with E-state index < -0.39 is 46.1 Å². The number of anilines is 1. The Bertz CT molecular complexity index is 1540. The van der Waals surface area contributed by atoms with Crippen molar-refractivity contribution in [2.45, 2.75) is 32.8 Å². The molecule has 2 aromatic heterocycles.